The van der Waals surface area contributed by atoms with E-state index in [9.17, 15) is 9.59 Å². The van der Waals surface area contributed by atoms with Crippen molar-refractivity contribution in [3.8, 4) is 5.75 Å². The van der Waals surface area contributed by atoms with E-state index in [4.69, 9.17) is 4.74 Å². The quantitative estimate of drug-likeness (QED) is 0.782. The lowest BCUT2D eigenvalue weighted by atomic mass is 10.1. The molecule has 0 N–H and O–H groups in total. The first-order chi connectivity index (χ1) is 14.5. The molecule has 0 spiro atoms. The Labute approximate surface area is 178 Å². The van der Waals surface area contributed by atoms with Gasteiger partial charge in [0.25, 0.3) is 0 Å². The number of carbonyl (C=O) groups is 2. The van der Waals surface area contributed by atoms with Crippen molar-refractivity contribution >= 4 is 23.2 Å². The van der Waals surface area contributed by atoms with Gasteiger partial charge < -0.3 is 19.4 Å². The van der Waals surface area contributed by atoms with E-state index in [0.29, 0.717) is 25.4 Å². The number of ether oxygens (including phenoxy) is 1. The van der Waals surface area contributed by atoms with Gasteiger partial charge in [0, 0.05) is 56.6 Å². The van der Waals surface area contributed by atoms with E-state index in [1.54, 1.807) is 12.0 Å². The minimum atomic E-state index is -0.282. The summed E-state index contributed by atoms with van der Waals surface area (Å²) in [7, 11) is 1.61. The van der Waals surface area contributed by atoms with Crippen molar-refractivity contribution < 1.29 is 14.3 Å². The van der Waals surface area contributed by atoms with Crippen LogP contribution in [0.25, 0.3) is 0 Å². The van der Waals surface area contributed by atoms with Gasteiger partial charge in [-0.15, -0.1) is 0 Å². The number of nitrogens with zero attached hydrogens (tertiary/aromatic N) is 3. The van der Waals surface area contributed by atoms with Crippen LogP contribution in [0.4, 0.5) is 11.4 Å². The lowest BCUT2D eigenvalue weighted by Gasteiger charge is -2.38. The molecule has 0 aromatic heterocycles. The zero-order chi connectivity index (χ0) is 21.3. The minimum Gasteiger partial charge on any atom is -0.497 e. The standard InChI is InChI=1S/C24H29N3O3/c1-17-6-4-9-22(18(17)2)25-10-12-26(13-11-25)24(29)19-14-23(28)27(16-19)20-7-5-8-21(15-20)30-3/h4-9,15,19H,10-14,16H2,1-3H3/t19-/m0/s1. The number of hydrogen-bond acceptors (Lipinski definition) is 4. The van der Waals surface area contributed by atoms with Crippen LogP contribution in [0.3, 0.4) is 0 Å². The predicted molar refractivity (Wildman–Crippen MR) is 118 cm³/mol. The van der Waals surface area contributed by atoms with Crippen molar-refractivity contribution in [2.45, 2.75) is 20.3 Å². The molecule has 2 saturated heterocycles. The number of carbonyl (C=O) groups excluding carboxylic acids is 2. The fourth-order valence-corrected chi connectivity index (χ4v) is 4.41. The summed E-state index contributed by atoms with van der Waals surface area (Å²) in [6.45, 7) is 7.73. The van der Waals surface area contributed by atoms with Crippen LogP contribution in [0.5, 0.6) is 5.75 Å². The van der Waals surface area contributed by atoms with E-state index in [-0.39, 0.29) is 24.2 Å². The number of aryl methyl sites for hydroxylation is 1. The second-order valence-electron chi connectivity index (χ2n) is 8.14. The van der Waals surface area contributed by atoms with Gasteiger partial charge in [-0.2, -0.15) is 0 Å². The molecule has 1 atom stereocenters. The smallest absolute Gasteiger partial charge is 0.228 e. The molecule has 2 amide bonds. The van der Waals surface area contributed by atoms with Crippen molar-refractivity contribution in [3.63, 3.8) is 0 Å². The van der Waals surface area contributed by atoms with Gasteiger partial charge in [-0.3, -0.25) is 9.59 Å². The molecule has 158 valence electrons. The molecule has 0 aliphatic carbocycles. The van der Waals surface area contributed by atoms with Crippen LogP contribution < -0.4 is 14.5 Å². The fourth-order valence-electron chi connectivity index (χ4n) is 4.41. The van der Waals surface area contributed by atoms with Crippen molar-refractivity contribution in [2.75, 3.05) is 49.6 Å². The van der Waals surface area contributed by atoms with E-state index >= 15 is 0 Å². The van der Waals surface area contributed by atoms with Crippen molar-refractivity contribution in [1.29, 1.82) is 0 Å². The number of hydrogen-bond donors (Lipinski definition) is 0. The van der Waals surface area contributed by atoms with E-state index < -0.39 is 0 Å². The lowest BCUT2D eigenvalue weighted by molar-refractivity contribution is -0.136. The average Bonchev–Trinajstić information content (AvgIpc) is 3.17. The molecule has 2 fully saturated rings. The van der Waals surface area contributed by atoms with Gasteiger partial charge in [-0.1, -0.05) is 18.2 Å². The van der Waals surface area contributed by atoms with Crippen molar-refractivity contribution in [3.05, 3.63) is 53.6 Å². The summed E-state index contributed by atoms with van der Waals surface area (Å²) in [5.41, 5.74) is 4.62. The average molecular weight is 408 g/mol. The van der Waals surface area contributed by atoms with Gasteiger partial charge in [0.1, 0.15) is 5.75 Å². The lowest BCUT2D eigenvalue weighted by Crippen LogP contribution is -2.51. The normalized spacial score (nSPS) is 19.4. The highest BCUT2D eigenvalue weighted by Gasteiger charge is 2.38. The molecular weight excluding hydrogens is 378 g/mol. The monoisotopic (exact) mass is 407 g/mol. The molecule has 4 rings (SSSR count). The van der Waals surface area contributed by atoms with Gasteiger partial charge in [-0.25, -0.2) is 0 Å². The van der Waals surface area contributed by atoms with Gasteiger partial charge in [0.2, 0.25) is 11.8 Å². The van der Waals surface area contributed by atoms with Gasteiger partial charge in [0.05, 0.1) is 13.0 Å². The van der Waals surface area contributed by atoms with E-state index in [0.717, 1.165) is 18.8 Å². The van der Waals surface area contributed by atoms with Crippen LogP contribution in [0.2, 0.25) is 0 Å². The molecule has 0 unspecified atom stereocenters. The highest BCUT2D eigenvalue weighted by molar-refractivity contribution is 6.00. The first-order valence-electron chi connectivity index (χ1n) is 10.5. The minimum absolute atomic E-state index is 0.00405. The molecule has 6 nitrogen and oxygen atoms in total. The van der Waals surface area contributed by atoms with Gasteiger partial charge in [0.15, 0.2) is 0 Å². The summed E-state index contributed by atoms with van der Waals surface area (Å²) in [4.78, 5) is 31.7. The van der Waals surface area contributed by atoms with E-state index in [2.05, 4.69) is 36.9 Å². The zero-order valence-corrected chi connectivity index (χ0v) is 17.9. The largest absolute Gasteiger partial charge is 0.497 e. The highest BCUT2D eigenvalue weighted by Crippen LogP contribution is 2.29. The van der Waals surface area contributed by atoms with Gasteiger partial charge in [-0.05, 0) is 43.2 Å². The third-order valence-electron chi connectivity index (χ3n) is 6.35. The molecule has 30 heavy (non-hydrogen) atoms. The maximum Gasteiger partial charge on any atom is 0.228 e. The number of rotatable bonds is 4. The Balaban J connectivity index is 1.39. The Morgan fingerprint density at radius 3 is 2.50 bits per heavy atom. The molecule has 0 saturated carbocycles. The third-order valence-corrected chi connectivity index (χ3v) is 6.35. The Kier molecular flexibility index (Phi) is 5.66. The van der Waals surface area contributed by atoms with Crippen LogP contribution in [-0.2, 0) is 9.59 Å². The SMILES string of the molecule is COc1cccc(N2C[C@@H](C(=O)N3CCN(c4cccc(C)c4C)CC3)CC2=O)c1. The summed E-state index contributed by atoms with van der Waals surface area (Å²) < 4.78 is 5.26. The Bertz CT molecular complexity index is 950. The van der Waals surface area contributed by atoms with Crippen LogP contribution in [0, 0.1) is 19.8 Å². The van der Waals surface area contributed by atoms with Crippen LogP contribution in [0.1, 0.15) is 17.5 Å². The Morgan fingerprint density at radius 2 is 1.77 bits per heavy atom. The summed E-state index contributed by atoms with van der Waals surface area (Å²) in [5.74, 6) is 0.513. The number of amides is 2. The Morgan fingerprint density at radius 1 is 1.03 bits per heavy atom. The molecular formula is C24H29N3O3. The van der Waals surface area contributed by atoms with Crippen LogP contribution in [0.15, 0.2) is 42.5 Å². The molecule has 0 radical (unpaired) electrons. The second kappa shape index (κ2) is 8.38. The van der Waals surface area contributed by atoms with Crippen LogP contribution in [-0.4, -0.2) is 56.5 Å². The number of anilines is 2. The second-order valence-corrected chi connectivity index (χ2v) is 8.14. The Hall–Kier alpha value is -3.02. The van der Waals surface area contributed by atoms with Crippen molar-refractivity contribution in [2.24, 2.45) is 5.92 Å². The maximum absolute atomic E-state index is 13.1. The number of methoxy groups -OCH3 is 1. The zero-order valence-electron chi connectivity index (χ0n) is 17.9. The van der Waals surface area contributed by atoms with E-state index in [1.807, 2.05) is 29.2 Å². The molecule has 2 aromatic rings. The molecule has 2 heterocycles. The van der Waals surface area contributed by atoms with Crippen LogP contribution >= 0.6 is 0 Å². The molecule has 2 aliphatic heterocycles. The molecule has 2 aliphatic rings. The summed E-state index contributed by atoms with van der Waals surface area (Å²) in [5, 5.41) is 0. The van der Waals surface area contributed by atoms with Gasteiger partial charge >= 0.3 is 0 Å². The van der Waals surface area contributed by atoms with E-state index in [1.165, 1.54) is 16.8 Å². The molecule has 6 heteroatoms. The highest BCUT2D eigenvalue weighted by atomic mass is 16.5. The summed E-state index contributed by atoms with van der Waals surface area (Å²) in [6, 6.07) is 13.8. The fraction of sp³-hybridized carbons (Fsp3) is 0.417. The summed E-state index contributed by atoms with van der Waals surface area (Å²) in [6.07, 6.45) is 0.271. The first-order valence-corrected chi connectivity index (χ1v) is 10.5. The summed E-state index contributed by atoms with van der Waals surface area (Å²) >= 11 is 0. The molecule has 2 aromatic carbocycles. The number of benzene rings is 2. The maximum atomic E-state index is 13.1. The molecule has 0 bridgehead atoms. The first kappa shape index (κ1) is 20.3. The predicted octanol–water partition coefficient (Wildman–Crippen LogP) is 3.01. The topological polar surface area (TPSA) is 53.1 Å². The number of piperazine rings is 1. The third kappa shape index (κ3) is 3.86. The van der Waals surface area contributed by atoms with Crippen molar-refractivity contribution in [1.82, 2.24) is 4.90 Å².